The molecule has 19 heavy (non-hydrogen) atoms. The first-order chi connectivity index (χ1) is 8.71. The molecule has 4 nitrogen and oxygen atoms in total. The molecule has 110 valence electrons. The van der Waals surface area contributed by atoms with Crippen molar-refractivity contribution >= 4 is 21.4 Å². The van der Waals surface area contributed by atoms with Gasteiger partial charge in [-0.3, -0.25) is 0 Å². The summed E-state index contributed by atoms with van der Waals surface area (Å²) >= 11 is 1.30. The van der Waals surface area contributed by atoms with Crippen LogP contribution in [0, 0.1) is 12.8 Å². The molecule has 0 unspecified atom stereocenters. The molecule has 0 atom stereocenters. The molecule has 0 saturated carbocycles. The number of rotatable bonds is 6. The molecule has 0 fully saturated rings. The average molecular weight is 305 g/mol. The Morgan fingerprint density at radius 1 is 1.32 bits per heavy atom. The summed E-state index contributed by atoms with van der Waals surface area (Å²) < 4.78 is 27.1. The smallest absolute Gasteiger partial charge is 0.244 e. The summed E-state index contributed by atoms with van der Waals surface area (Å²) in [6.07, 6.45) is 0. The van der Waals surface area contributed by atoms with E-state index in [0.29, 0.717) is 17.0 Å². The van der Waals surface area contributed by atoms with Gasteiger partial charge >= 0.3 is 0 Å². The first-order valence-electron chi connectivity index (χ1n) is 6.41. The van der Waals surface area contributed by atoms with Crippen molar-refractivity contribution < 1.29 is 13.5 Å². The van der Waals surface area contributed by atoms with Crippen molar-refractivity contribution in [3.05, 3.63) is 15.8 Å². The average Bonchev–Trinajstić information content (AvgIpc) is 2.67. The molecule has 0 bridgehead atoms. The summed E-state index contributed by atoms with van der Waals surface area (Å²) in [4.78, 5) is 0.807. The number of aliphatic hydroxyl groups excluding tert-OH is 1. The lowest BCUT2D eigenvalue weighted by molar-refractivity contribution is 0.280. The monoisotopic (exact) mass is 305 g/mol. The number of thiophene rings is 1. The van der Waals surface area contributed by atoms with Crippen LogP contribution >= 0.6 is 11.3 Å². The Morgan fingerprint density at radius 2 is 1.89 bits per heavy atom. The van der Waals surface area contributed by atoms with E-state index in [-0.39, 0.29) is 23.5 Å². The Labute approximate surface area is 120 Å². The number of aliphatic hydroxyl groups is 1. The van der Waals surface area contributed by atoms with Gasteiger partial charge < -0.3 is 5.11 Å². The summed E-state index contributed by atoms with van der Waals surface area (Å²) in [5.74, 6) is 0.258. The van der Waals surface area contributed by atoms with Gasteiger partial charge in [0.25, 0.3) is 0 Å². The zero-order valence-corrected chi connectivity index (χ0v) is 13.8. The highest BCUT2D eigenvalue weighted by atomic mass is 32.2. The van der Waals surface area contributed by atoms with Crippen molar-refractivity contribution in [3.8, 4) is 0 Å². The molecule has 0 aliphatic carbocycles. The van der Waals surface area contributed by atoms with Crippen LogP contribution in [0.4, 0.5) is 0 Å². The fourth-order valence-electron chi connectivity index (χ4n) is 2.01. The lowest BCUT2D eigenvalue weighted by Gasteiger charge is -2.28. The highest BCUT2D eigenvalue weighted by molar-refractivity contribution is 7.89. The van der Waals surface area contributed by atoms with E-state index in [1.165, 1.54) is 15.6 Å². The van der Waals surface area contributed by atoms with E-state index in [2.05, 4.69) is 0 Å². The number of sulfonamides is 1. The molecule has 1 aromatic heterocycles. The molecule has 0 aliphatic rings. The van der Waals surface area contributed by atoms with Gasteiger partial charge in [0.2, 0.25) is 10.0 Å². The molecular weight excluding hydrogens is 282 g/mol. The molecule has 0 radical (unpaired) electrons. The molecule has 0 aliphatic heterocycles. The van der Waals surface area contributed by atoms with Crippen LogP contribution < -0.4 is 0 Å². The maximum atomic E-state index is 12.8. The van der Waals surface area contributed by atoms with Gasteiger partial charge in [0.1, 0.15) is 4.90 Å². The van der Waals surface area contributed by atoms with Gasteiger partial charge in [0.15, 0.2) is 0 Å². The lowest BCUT2D eigenvalue weighted by Crippen LogP contribution is -2.39. The van der Waals surface area contributed by atoms with E-state index < -0.39 is 10.0 Å². The minimum Gasteiger partial charge on any atom is -0.391 e. The SMILES string of the molecule is Cc1csc(CO)c1S(=O)(=O)N(CC(C)C)C(C)C. The maximum absolute atomic E-state index is 12.8. The topological polar surface area (TPSA) is 57.6 Å². The van der Waals surface area contributed by atoms with Gasteiger partial charge in [-0.2, -0.15) is 4.31 Å². The van der Waals surface area contributed by atoms with Crippen molar-refractivity contribution in [3.63, 3.8) is 0 Å². The maximum Gasteiger partial charge on any atom is 0.244 e. The summed E-state index contributed by atoms with van der Waals surface area (Å²) in [5.41, 5.74) is 0.712. The van der Waals surface area contributed by atoms with Gasteiger partial charge in [-0.25, -0.2) is 8.42 Å². The predicted molar refractivity (Wildman–Crippen MR) is 78.8 cm³/mol. The van der Waals surface area contributed by atoms with Crippen molar-refractivity contribution in [2.24, 2.45) is 5.92 Å². The third-order valence-corrected chi connectivity index (χ3v) is 6.31. The summed E-state index contributed by atoms with van der Waals surface area (Å²) in [7, 11) is -3.54. The van der Waals surface area contributed by atoms with Crippen molar-refractivity contribution in [1.29, 1.82) is 0 Å². The Kier molecular flexibility index (Phi) is 5.55. The second kappa shape index (κ2) is 6.35. The number of hydrogen-bond acceptors (Lipinski definition) is 4. The van der Waals surface area contributed by atoms with E-state index in [9.17, 15) is 13.5 Å². The van der Waals surface area contributed by atoms with Crippen molar-refractivity contribution in [2.75, 3.05) is 6.54 Å². The molecular formula is C13H23NO3S2. The van der Waals surface area contributed by atoms with Gasteiger partial charge in [0, 0.05) is 12.6 Å². The van der Waals surface area contributed by atoms with E-state index in [4.69, 9.17) is 0 Å². The Bertz CT molecular complexity index is 518. The van der Waals surface area contributed by atoms with Crippen LogP contribution in [0.2, 0.25) is 0 Å². The van der Waals surface area contributed by atoms with E-state index in [1.54, 1.807) is 12.3 Å². The Hall–Kier alpha value is -0.430. The largest absolute Gasteiger partial charge is 0.391 e. The van der Waals surface area contributed by atoms with Gasteiger partial charge in [0.05, 0.1) is 11.5 Å². The molecule has 0 amide bonds. The first-order valence-corrected chi connectivity index (χ1v) is 8.73. The normalized spacial score (nSPS) is 12.9. The number of hydrogen-bond donors (Lipinski definition) is 1. The quantitative estimate of drug-likeness (QED) is 0.879. The Morgan fingerprint density at radius 3 is 2.32 bits per heavy atom. The fourth-order valence-corrected chi connectivity index (χ4v) is 5.42. The standard InChI is InChI=1S/C13H23NO3S2/c1-9(2)6-14(10(3)4)19(16,17)13-11(5)8-18-12(13)7-15/h8-10,15H,6-7H2,1-5H3. The predicted octanol–water partition coefficient (Wildman–Crippen LogP) is 2.60. The second-order valence-electron chi connectivity index (χ2n) is 5.39. The van der Waals surface area contributed by atoms with Crippen LogP contribution in [0.15, 0.2) is 10.3 Å². The minimum atomic E-state index is -3.54. The van der Waals surface area contributed by atoms with Crippen molar-refractivity contribution in [2.45, 2.75) is 52.2 Å². The molecule has 1 aromatic rings. The summed E-state index contributed by atoms with van der Waals surface area (Å²) in [5, 5.41) is 11.1. The second-order valence-corrected chi connectivity index (χ2v) is 8.18. The fraction of sp³-hybridized carbons (Fsp3) is 0.692. The van der Waals surface area contributed by atoms with Crippen LogP contribution in [0.3, 0.4) is 0 Å². The third kappa shape index (κ3) is 3.56. The molecule has 0 saturated heterocycles. The minimum absolute atomic E-state index is 0.0988. The van der Waals surface area contributed by atoms with Crippen LogP contribution in [0.5, 0.6) is 0 Å². The zero-order valence-electron chi connectivity index (χ0n) is 12.2. The van der Waals surface area contributed by atoms with Crippen LogP contribution in [0.1, 0.15) is 38.1 Å². The zero-order chi connectivity index (χ0) is 14.8. The van der Waals surface area contributed by atoms with Gasteiger partial charge in [-0.15, -0.1) is 11.3 Å². The summed E-state index contributed by atoms with van der Waals surface area (Å²) in [6, 6.07) is -0.0988. The molecule has 6 heteroatoms. The molecule has 0 spiro atoms. The van der Waals surface area contributed by atoms with Crippen LogP contribution in [-0.2, 0) is 16.6 Å². The molecule has 1 heterocycles. The van der Waals surface area contributed by atoms with Crippen LogP contribution in [-0.4, -0.2) is 30.4 Å². The van der Waals surface area contributed by atoms with Gasteiger partial charge in [-0.1, -0.05) is 13.8 Å². The highest BCUT2D eigenvalue weighted by Crippen LogP contribution is 2.30. The Balaban J connectivity index is 3.30. The van der Waals surface area contributed by atoms with Crippen LogP contribution in [0.25, 0.3) is 0 Å². The number of nitrogens with zero attached hydrogens (tertiary/aromatic N) is 1. The van der Waals surface area contributed by atoms with Gasteiger partial charge in [-0.05, 0) is 37.6 Å². The van der Waals surface area contributed by atoms with Crippen molar-refractivity contribution in [1.82, 2.24) is 4.31 Å². The third-order valence-electron chi connectivity index (χ3n) is 2.82. The van der Waals surface area contributed by atoms with E-state index in [1.807, 2.05) is 27.7 Å². The number of aryl methyl sites for hydroxylation is 1. The molecule has 1 rings (SSSR count). The first kappa shape index (κ1) is 16.6. The van der Waals surface area contributed by atoms with E-state index >= 15 is 0 Å². The highest BCUT2D eigenvalue weighted by Gasteiger charge is 2.31. The molecule has 0 aromatic carbocycles. The van der Waals surface area contributed by atoms with E-state index in [0.717, 1.165) is 0 Å². The summed E-state index contributed by atoms with van der Waals surface area (Å²) in [6.45, 7) is 9.77. The molecule has 1 N–H and O–H groups in total. The lowest BCUT2D eigenvalue weighted by atomic mass is 10.2.